The molecular formula is C8H14O3. The standard InChI is InChI=1S/C8H14O3/c1-2-11-8(10)6-3-4-7(9)5-6/h6-7,9H,2-5H2,1H3/t6?,7-/m1/s1. The van der Waals surface area contributed by atoms with Crippen LogP contribution >= 0.6 is 0 Å². The van der Waals surface area contributed by atoms with Crippen LogP contribution in [0.25, 0.3) is 0 Å². The molecule has 1 unspecified atom stereocenters. The van der Waals surface area contributed by atoms with Crippen molar-refractivity contribution in [1.29, 1.82) is 0 Å². The lowest BCUT2D eigenvalue weighted by Crippen LogP contribution is -2.15. The van der Waals surface area contributed by atoms with Crippen LogP contribution in [0.1, 0.15) is 26.2 Å². The minimum atomic E-state index is -0.288. The second-order valence-electron chi connectivity index (χ2n) is 2.92. The summed E-state index contributed by atoms with van der Waals surface area (Å²) in [5.74, 6) is -0.200. The van der Waals surface area contributed by atoms with Gasteiger partial charge in [-0.2, -0.15) is 0 Å². The van der Waals surface area contributed by atoms with E-state index in [1.165, 1.54) is 0 Å². The van der Waals surface area contributed by atoms with Crippen molar-refractivity contribution in [3.05, 3.63) is 0 Å². The molecular weight excluding hydrogens is 144 g/mol. The van der Waals surface area contributed by atoms with E-state index < -0.39 is 0 Å². The molecule has 64 valence electrons. The van der Waals surface area contributed by atoms with Gasteiger partial charge in [0, 0.05) is 0 Å². The molecule has 1 aliphatic rings. The Morgan fingerprint density at radius 1 is 1.64 bits per heavy atom. The Hall–Kier alpha value is -0.570. The van der Waals surface area contributed by atoms with E-state index in [0.717, 1.165) is 12.8 Å². The van der Waals surface area contributed by atoms with Crippen molar-refractivity contribution in [3.63, 3.8) is 0 Å². The number of esters is 1. The van der Waals surface area contributed by atoms with Gasteiger partial charge >= 0.3 is 5.97 Å². The number of aliphatic hydroxyl groups excluding tert-OH is 1. The predicted octanol–water partition coefficient (Wildman–Crippen LogP) is 0.711. The van der Waals surface area contributed by atoms with E-state index in [0.29, 0.717) is 13.0 Å². The van der Waals surface area contributed by atoms with Gasteiger partial charge in [0.05, 0.1) is 18.6 Å². The maximum atomic E-state index is 11.1. The van der Waals surface area contributed by atoms with E-state index in [1.807, 2.05) is 0 Å². The number of hydrogen-bond acceptors (Lipinski definition) is 3. The number of rotatable bonds is 2. The van der Waals surface area contributed by atoms with Gasteiger partial charge in [-0.3, -0.25) is 4.79 Å². The number of aliphatic hydroxyl groups is 1. The average Bonchev–Trinajstić information content (AvgIpc) is 2.36. The zero-order valence-electron chi connectivity index (χ0n) is 6.75. The molecule has 0 radical (unpaired) electrons. The Morgan fingerprint density at radius 3 is 2.82 bits per heavy atom. The molecule has 0 heterocycles. The van der Waals surface area contributed by atoms with Gasteiger partial charge in [0.1, 0.15) is 0 Å². The van der Waals surface area contributed by atoms with Crippen molar-refractivity contribution < 1.29 is 14.6 Å². The average molecular weight is 158 g/mol. The van der Waals surface area contributed by atoms with Crippen LogP contribution in [0.4, 0.5) is 0 Å². The molecule has 1 rings (SSSR count). The molecule has 2 atom stereocenters. The molecule has 0 amide bonds. The molecule has 0 bridgehead atoms. The molecule has 1 N–H and O–H groups in total. The van der Waals surface area contributed by atoms with Gasteiger partial charge in [-0.05, 0) is 26.2 Å². The fraction of sp³-hybridized carbons (Fsp3) is 0.875. The third-order valence-electron chi connectivity index (χ3n) is 2.02. The molecule has 0 saturated heterocycles. The SMILES string of the molecule is CCOC(=O)C1CC[C@@H](O)C1. The summed E-state index contributed by atoms with van der Waals surface area (Å²) in [5.41, 5.74) is 0. The molecule has 0 aromatic rings. The number of carbonyl (C=O) groups excluding carboxylic acids is 1. The fourth-order valence-electron chi connectivity index (χ4n) is 1.43. The highest BCUT2D eigenvalue weighted by Crippen LogP contribution is 2.26. The normalized spacial score (nSPS) is 30.4. The molecule has 11 heavy (non-hydrogen) atoms. The third-order valence-corrected chi connectivity index (χ3v) is 2.02. The van der Waals surface area contributed by atoms with Crippen LogP contribution in [0.2, 0.25) is 0 Å². The lowest BCUT2D eigenvalue weighted by molar-refractivity contribution is -0.148. The van der Waals surface area contributed by atoms with E-state index in [1.54, 1.807) is 6.92 Å². The molecule has 3 heteroatoms. The first-order chi connectivity index (χ1) is 5.24. The predicted molar refractivity (Wildman–Crippen MR) is 40.0 cm³/mol. The lowest BCUT2D eigenvalue weighted by Gasteiger charge is -2.06. The van der Waals surface area contributed by atoms with Gasteiger partial charge in [-0.1, -0.05) is 0 Å². The van der Waals surface area contributed by atoms with E-state index in [9.17, 15) is 4.79 Å². The minimum Gasteiger partial charge on any atom is -0.466 e. The van der Waals surface area contributed by atoms with Crippen LogP contribution in [-0.4, -0.2) is 23.8 Å². The van der Waals surface area contributed by atoms with Crippen molar-refractivity contribution in [2.75, 3.05) is 6.61 Å². The van der Waals surface area contributed by atoms with Gasteiger partial charge in [-0.25, -0.2) is 0 Å². The molecule has 0 spiro atoms. The van der Waals surface area contributed by atoms with Crippen LogP contribution < -0.4 is 0 Å². The van der Waals surface area contributed by atoms with Crippen LogP contribution in [0.3, 0.4) is 0 Å². The maximum absolute atomic E-state index is 11.1. The van der Waals surface area contributed by atoms with Gasteiger partial charge in [0.15, 0.2) is 0 Å². The van der Waals surface area contributed by atoms with Gasteiger partial charge in [-0.15, -0.1) is 0 Å². The molecule has 0 aromatic heterocycles. The fourth-order valence-corrected chi connectivity index (χ4v) is 1.43. The van der Waals surface area contributed by atoms with E-state index in [4.69, 9.17) is 9.84 Å². The quantitative estimate of drug-likeness (QED) is 0.602. The zero-order valence-corrected chi connectivity index (χ0v) is 6.75. The van der Waals surface area contributed by atoms with Crippen LogP contribution in [-0.2, 0) is 9.53 Å². The highest BCUT2D eigenvalue weighted by Gasteiger charge is 2.29. The van der Waals surface area contributed by atoms with E-state index in [2.05, 4.69) is 0 Å². The first-order valence-electron chi connectivity index (χ1n) is 4.08. The summed E-state index contributed by atoms with van der Waals surface area (Å²) in [6.45, 7) is 2.23. The summed E-state index contributed by atoms with van der Waals surface area (Å²) < 4.78 is 4.82. The largest absolute Gasteiger partial charge is 0.466 e. The second kappa shape index (κ2) is 3.72. The van der Waals surface area contributed by atoms with Crippen LogP contribution in [0.15, 0.2) is 0 Å². The second-order valence-corrected chi connectivity index (χ2v) is 2.92. The Morgan fingerprint density at radius 2 is 2.36 bits per heavy atom. The topological polar surface area (TPSA) is 46.5 Å². The number of hydrogen-bond donors (Lipinski definition) is 1. The van der Waals surface area contributed by atoms with Crippen LogP contribution in [0.5, 0.6) is 0 Å². The Bertz CT molecular complexity index is 144. The molecule has 0 aliphatic heterocycles. The Kier molecular flexibility index (Phi) is 2.88. The summed E-state index contributed by atoms with van der Waals surface area (Å²) in [7, 11) is 0. The van der Waals surface area contributed by atoms with Crippen LogP contribution in [0, 0.1) is 5.92 Å². The first-order valence-corrected chi connectivity index (χ1v) is 4.08. The van der Waals surface area contributed by atoms with Crippen molar-refractivity contribution in [2.45, 2.75) is 32.3 Å². The Labute approximate surface area is 66.4 Å². The zero-order chi connectivity index (χ0) is 8.27. The van der Waals surface area contributed by atoms with Gasteiger partial charge in [0.25, 0.3) is 0 Å². The molecule has 0 aromatic carbocycles. The van der Waals surface area contributed by atoms with E-state index in [-0.39, 0.29) is 18.0 Å². The first kappa shape index (κ1) is 8.53. The molecule has 3 nitrogen and oxygen atoms in total. The maximum Gasteiger partial charge on any atom is 0.309 e. The summed E-state index contributed by atoms with van der Waals surface area (Å²) >= 11 is 0. The van der Waals surface area contributed by atoms with Crippen molar-refractivity contribution in [1.82, 2.24) is 0 Å². The lowest BCUT2D eigenvalue weighted by atomic mass is 10.1. The van der Waals surface area contributed by atoms with E-state index >= 15 is 0 Å². The minimum absolute atomic E-state index is 0.0510. The smallest absolute Gasteiger partial charge is 0.309 e. The van der Waals surface area contributed by atoms with Gasteiger partial charge < -0.3 is 9.84 Å². The molecule has 1 saturated carbocycles. The van der Waals surface area contributed by atoms with Crippen molar-refractivity contribution >= 4 is 5.97 Å². The monoisotopic (exact) mass is 158 g/mol. The number of ether oxygens (including phenoxy) is 1. The molecule has 1 aliphatic carbocycles. The third kappa shape index (κ3) is 2.19. The summed E-state index contributed by atoms with van der Waals surface area (Å²) in [4.78, 5) is 11.1. The summed E-state index contributed by atoms with van der Waals surface area (Å²) in [6, 6.07) is 0. The summed E-state index contributed by atoms with van der Waals surface area (Å²) in [5, 5.41) is 9.11. The van der Waals surface area contributed by atoms with Crippen molar-refractivity contribution in [3.8, 4) is 0 Å². The van der Waals surface area contributed by atoms with Gasteiger partial charge in [0.2, 0.25) is 0 Å². The summed E-state index contributed by atoms with van der Waals surface area (Å²) in [6.07, 6.45) is 1.81. The molecule has 1 fully saturated rings. The highest BCUT2D eigenvalue weighted by molar-refractivity contribution is 5.72. The highest BCUT2D eigenvalue weighted by atomic mass is 16.5. The number of carbonyl (C=O) groups is 1. The van der Waals surface area contributed by atoms with Crippen molar-refractivity contribution in [2.24, 2.45) is 5.92 Å². The Balaban J connectivity index is 2.31.